The van der Waals surface area contributed by atoms with Crippen LogP contribution in [0.25, 0.3) is 0 Å². The smallest absolute Gasteiger partial charge is 0.211 e. The molecule has 16 heavy (non-hydrogen) atoms. The maximum Gasteiger partial charge on any atom is 0.235 e. The lowest BCUT2D eigenvalue weighted by molar-refractivity contribution is 0.639. The molecule has 2 aromatic rings. The van der Waals surface area contributed by atoms with E-state index in [9.17, 15) is 8.09 Å². The summed E-state index contributed by atoms with van der Waals surface area (Å²) in [6.45, 7) is 0. The summed E-state index contributed by atoms with van der Waals surface area (Å²) in [5.74, 6) is 0. The quantitative estimate of drug-likeness (QED) is 0.729. The standard InChI is InChI=1S/C12H10FNOS/c13-16(15,12-9-5-2-6-10-12)14-11-7-3-1-4-8-11/h1-10H. The Morgan fingerprint density at radius 1 is 0.875 bits per heavy atom. The van der Waals surface area contributed by atoms with E-state index >= 15 is 0 Å². The highest BCUT2D eigenvalue weighted by molar-refractivity contribution is 7.88. The van der Waals surface area contributed by atoms with E-state index in [0.29, 0.717) is 5.69 Å². The Hall–Kier alpha value is -1.68. The second kappa shape index (κ2) is 4.45. The fourth-order valence-electron chi connectivity index (χ4n) is 1.27. The zero-order valence-electron chi connectivity index (χ0n) is 8.42. The Bertz CT molecular complexity index is 574. The molecule has 0 aromatic heterocycles. The highest BCUT2D eigenvalue weighted by atomic mass is 32.3. The van der Waals surface area contributed by atoms with E-state index in [0.717, 1.165) is 0 Å². The van der Waals surface area contributed by atoms with Crippen molar-refractivity contribution in [3.63, 3.8) is 0 Å². The van der Waals surface area contributed by atoms with E-state index < -0.39 is 10.1 Å². The van der Waals surface area contributed by atoms with Gasteiger partial charge in [0.2, 0.25) is 10.1 Å². The lowest BCUT2D eigenvalue weighted by Gasteiger charge is -1.99. The van der Waals surface area contributed by atoms with Crippen molar-refractivity contribution in [1.82, 2.24) is 0 Å². The first-order valence-electron chi connectivity index (χ1n) is 4.75. The molecule has 0 spiro atoms. The van der Waals surface area contributed by atoms with Gasteiger partial charge in [-0.15, -0.1) is 3.89 Å². The minimum Gasteiger partial charge on any atom is -0.211 e. The van der Waals surface area contributed by atoms with E-state index in [4.69, 9.17) is 0 Å². The number of rotatable bonds is 2. The predicted molar refractivity (Wildman–Crippen MR) is 62.5 cm³/mol. The van der Waals surface area contributed by atoms with E-state index in [1.165, 1.54) is 12.1 Å². The number of nitrogens with zero attached hydrogens (tertiary/aromatic N) is 1. The highest BCUT2D eigenvalue weighted by Crippen LogP contribution is 2.21. The molecule has 2 rings (SSSR count). The summed E-state index contributed by atoms with van der Waals surface area (Å²) < 4.78 is 29.2. The fraction of sp³-hybridized carbons (Fsp3) is 0. The van der Waals surface area contributed by atoms with Gasteiger partial charge < -0.3 is 0 Å². The molecule has 0 radical (unpaired) electrons. The average Bonchev–Trinajstić information content (AvgIpc) is 2.31. The molecule has 0 aliphatic rings. The van der Waals surface area contributed by atoms with Gasteiger partial charge in [-0.3, -0.25) is 0 Å². The molecule has 4 heteroatoms. The van der Waals surface area contributed by atoms with E-state index in [-0.39, 0.29) is 4.90 Å². The van der Waals surface area contributed by atoms with Crippen LogP contribution in [0.4, 0.5) is 9.57 Å². The maximum absolute atomic E-state index is 13.9. The molecule has 0 N–H and O–H groups in total. The molecule has 0 aliphatic heterocycles. The SMILES string of the molecule is O=S(F)(=Nc1ccccc1)c1ccccc1. The molecule has 1 atom stereocenters. The Morgan fingerprint density at radius 2 is 1.38 bits per heavy atom. The van der Waals surface area contributed by atoms with Gasteiger partial charge in [-0.2, -0.15) is 4.36 Å². The van der Waals surface area contributed by atoms with Crippen molar-refractivity contribution in [2.75, 3.05) is 0 Å². The van der Waals surface area contributed by atoms with Crippen molar-refractivity contribution in [3.8, 4) is 0 Å². The van der Waals surface area contributed by atoms with Crippen LogP contribution in [-0.4, -0.2) is 4.21 Å². The summed E-state index contributed by atoms with van der Waals surface area (Å²) in [5, 5.41) is 0. The van der Waals surface area contributed by atoms with E-state index in [2.05, 4.69) is 4.36 Å². The molecule has 82 valence electrons. The number of hydrogen-bond donors (Lipinski definition) is 0. The van der Waals surface area contributed by atoms with Crippen LogP contribution < -0.4 is 0 Å². The molecule has 0 bridgehead atoms. The summed E-state index contributed by atoms with van der Waals surface area (Å²) >= 11 is 0. The molecular weight excluding hydrogens is 225 g/mol. The predicted octanol–water partition coefficient (Wildman–Crippen LogP) is 3.73. The van der Waals surface area contributed by atoms with Gasteiger partial charge in [0.25, 0.3) is 0 Å². The van der Waals surface area contributed by atoms with Gasteiger partial charge in [0.05, 0.1) is 10.6 Å². The van der Waals surface area contributed by atoms with Crippen LogP contribution in [-0.2, 0) is 10.1 Å². The van der Waals surface area contributed by atoms with Crippen LogP contribution in [0.15, 0.2) is 69.9 Å². The molecule has 0 amide bonds. The van der Waals surface area contributed by atoms with Crippen molar-refractivity contribution < 1.29 is 8.09 Å². The van der Waals surface area contributed by atoms with Gasteiger partial charge >= 0.3 is 0 Å². The van der Waals surface area contributed by atoms with E-state index in [1.807, 2.05) is 0 Å². The third-order valence-electron chi connectivity index (χ3n) is 2.01. The average molecular weight is 235 g/mol. The van der Waals surface area contributed by atoms with E-state index in [1.54, 1.807) is 48.5 Å². The zero-order chi connectivity index (χ0) is 11.4. The maximum atomic E-state index is 13.9. The normalized spacial score (nSPS) is 14.1. The molecule has 2 nitrogen and oxygen atoms in total. The Morgan fingerprint density at radius 3 is 1.94 bits per heavy atom. The molecule has 0 saturated heterocycles. The first-order valence-corrected chi connectivity index (χ1v) is 6.17. The number of hydrogen-bond acceptors (Lipinski definition) is 2. The van der Waals surface area contributed by atoms with Crippen molar-refractivity contribution in [3.05, 3.63) is 60.7 Å². The first kappa shape index (κ1) is 10.8. The van der Waals surface area contributed by atoms with Gasteiger partial charge in [0.1, 0.15) is 0 Å². The van der Waals surface area contributed by atoms with Crippen LogP contribution in [0.2, 0.25) is 0 Å². The summed E-state index contributed by atoms with van der Waals surface area (Å²) in [7, 11) is -3.84. The molecule has 0 fully saturated rings. The van der Waals surface area contributed by atoms with Gasteiger partial charge in [-0.05, 0) is 24.3 Å². The summed E-state index contributed by atoms with van der Waals surface area (Å²) in [6, 6.07) is 16.4. The van der Waals surface area contributed by atoms with Crippen LogP contribution in [0.1, 0.15) is 0 Å². The summed E-state index contributed by atoms with van der Waals surface area (Å²) in [6.07, 6.45) is 0. The Balaban J connectivity index is 2.48. The molecule has 0 aliphatic carbocycles. The van der Waals surface area contributed by atoms with Crippen LogP contribution in [0.5, 0.6) is 0 Å². The van der Waals surface area contributed by atoms with Crippen LogP contribution in [0, 0.1) is 0 Å². The Labute approximate surface area is 94.2 Å². The van der Waals surface area contributed by atoms with Crippen molar-refractivity contribution in [2.45, 2.75) is 4.90 Å². The second-order valence-corrected chi connectivity index (χ2v) is 4.77. The Kier molecular flexibility index (Phi) is 3.01. The van der Waals surface area contributed by atoms with Gasteiger partial charge in [-0.1, -0.05) is 36.4 Å². The highest BCUT2D eigenvalue weighted by Gasteiger charge is 2.09. The number of benzene rings is 2. The number of halogens is 1. The molecule has 2 aromatic carbocycles. The lowest BCUT2D eigenvalue weighted by Crippen LogP contribution is -1.90. The lowest BCUT2D eigenvalue weighted by atomic mass is 10.3. The second-order valence-electron chi connectivity index (χ2n) is 3.20. The molecule has 0 saturated carbocycles. The summed E-state index contributed by atoms with van der Waals surface area (Å²) in [4.78, 5) is 0.0962. The van der Waals surface area contributed by atoms with Gasteiger partial charge in [0.15, 0.2) is 0 Å². The fourth-order valence-corrected chi connectivity index (χ4v) is 2.26. The van der Waals surface area contributed by atoms with Crippen molar-refractivity contribution in [2.24, 2.45) is 4.36 Å². The third kappa shape index (κ3) is 2.46. The zero-order valence-corrected chi connectivity index (χ0v) is 9.23. The minimum absolute atomic E-state index is 0.0962. The molecule has 0 heterocycles. The van der Waals surface area contributed by atoms with Crippen LogP contribution in [0.3, 0.4) is 0 Å². The third-order valence-corrected chi connectivity index (χ3v) is 3.31. The molecular formula is C12H10FNOS. The largest absolute Gasteiger partial charge is 0.235 e. The van der Waals surface area contributed by atoms with Gasteiger partial charge in [0, 0.05) is 0 Å². The summed E-state index contributed by atoms with van der Waals surface area (Å²) in [5.41, 5.74) is 0.374. The van der Waals surface area contributed by atoms with Crippen molar-refractivity contribution in [1.29, 1.82) is 0 Å². The first-order chi connectivity index (χ1) is 7.68. The van der Waals surface area contributed by atoms with Gasteiger partial charge in [-0.25, -0.2) is 4.21 Å². The molecule has 1 unspecified atom stereocenters. The topological polar surface area (TPSA) is 29.4 Å². The van der Waals surface area contributed by atoms with Crippen LogP contribution >= 0.6 is 0 Å². The monoisotopic (exact) mass is 235 g/mol. The van der Waals surface area contributed by atoms with Crippen molar-refractivity contribution >= 4 is 15.8 Å². The minimum atomic E-state index is -3.84.